The summed E-state index contributed by atoms with van der Waals surface area (Å²) in [6.45, 7) is 0. The van der Waals surface area contributed by atoms with Crippen LogP contribution in [-0.2, 0) is 10.0 Å². The van der Waals surface area contributed by atoms with Crippen LogP contribution in [-0.4, -0.2) is 8.42 Å². The van der Waals surface area contributed by atoms with Gasteiger partial charge >= 0.3 is 0 Å². The monoisotopic (exact) mass is 520 g/mol. The molecule has 3 N–H and O–H groups in total. The third kappa shape index (κ3) is 3.95. The first kappa shape index (κ1) is 17.1. The lowest BCUT2D eigenvalue weighted by Gasteiger charge is -2.13. The van der Waals surface area contributed by atoms with E-state index in [1.54, 1.807) is 18.2 Å². The van der Waals surface area contributed by atoms with Crippen LogP contribution in [0.1, 0.15) is 0 Å². The van der Waals surface area contributed by atoms with E-state index in [4.69, 9.17) is 28.9 Å². The Labute approximate surface area is 154 Å². The largest absolute Gasteiger partial charge is 0.398 e. The Morgan fingerprint density at radius 1 is 1.14 bits per heavy atom. The van der Waals surface area contributed by atoms with Gasteiger partial charge in [-0.2, -0.15) is 0 Å². The van der Waals surface area contributed by atoms with Gasteiger partial charge in [0, 0.05) is 19.3 Å². The molecule has 9 heteroatoms. The lowest BCUT2D eigenvalue weighted by Crippen LogP contribution is -2.15. The van der Waals surface area contributed by atoms with Crippen LogP contribution >= 0.6 is 61.7 Å². The summed E-state index contributed by atoms with van der Waals surface area (Å²) in [6.07, 6.45) is 0. The summed E-state index contributed by atoms with van der Waals surface area (Å²) >= 11 is 16.9. The van der Waals surface area contributed by atoms with Crippen molar-refractivity contribution in [3.8, 4) is 0 Å². The smallest absolute Gasteiger partial charge is 0.263 e. The first-order valence-electron chi connectivity index (χ1n) is 5.43. The summed E-state index contributed by atoms with van der Waals surface area (Å²) in [5.74, 6) is 0. The van der Waals surface area contributed by atoms with Crippen LogP contribution in [0.25, 0.3) is 0 Å². The molecule has 0 radical (unpaired) electrons. The maximum atomic E-state index is 12.5. The molecular weight excluding hydrogens is 514 g/mol. The van der Waals surface area contributed by atoms with Crippen molar-refractivity contribution >= 4 is 83.1 Å². The summed E-state index contributed by atoms with van der Waals surface area (Å²) in [7, 11) is -3.83. The van der Waals surface area contributed by atoms with Crippen molar-refractivity contribution in [2.45, 2.75) is 4.90 Å². The molecule has 0 bridgehead atoms. The molecule has 0 unspecified atom stereocenters. The molecular formula is C12H8BrCl2IN2O2S. The molecule has 0 aliphatic carbocycles. The molecule has 2 rings (SSSR count). The van der Waals surface area contributed by atoms with Crippen molar-refractivity contribution in [2.24, 2.45) is 0 Å². The van der Waals surface area contributed by atoms with Gasteiger partial charge in [0.1, 0.15) is 4.90 Å². The minimum atomic E-state index is -3.83. The summed E-state index contributed by atoms with van der Waals surface area (Å²) < 4.78 is 28.4. The number of sulfonamides is 1. The molecule has 0 saturated heterocycles. The first-order chi connectivity index (χ1) is 9.70. The van der Waals surface area contributed by atoms with Gasteiger partial charge in [-0.3, -0.25) is 4.72 Å². The predicted octanol–water partition coefficient (Wildman–Crippen LogP) is 4.74. The zero-order valence-corrected chi connectivity index (χ0v) is 16.3. The minimum absolute atomic E-state index is 0.0294. The molecule has 0 aliphatic rings. The van der Waals surface area contributed by atoms with Crippen molar-refractivity contribution in [1.29, 1.82) is 0 Å². The van der Waals surface area contributed by atoms with Crippen LogP contribution in [0.4, 0.5) is 11.4 Å². The quantitative estimate of drug-likeness (QED) is 0.452. The summed E-state index contributed by atoms with van der Waals surface area (Å²) in [5, 5.41) is 0.761. The van der Waals surface area contributed by atoms with Gasteiger partial charge < -0.3 is 5.73 Å². The molecule has 4 nitrogen and oxygen atoms in total. The van der Waals surface area contributed by atoms with Gasteiger partial charge in [-0.15, -0.1) is 0 Å². The van der Waals surface area contributed by atoms with E-state index >= 15 is 0 Å². The van der Waals surface area contributed by atoms with Crippen molar-refractivity contribution in [3.05, 3.63) is 48.4 Å². The summed E-state index contributed by atoms with van der Waals surface area (Å²) in [6, 6.07) is 7.64. The van der Waals surface area contributed by atoms with Crippen molar-refractivity contribution in [3.63, 3.8) is 0 Å². The fourth-order valence-electron chi connectivity index (χ4n) is 1.55. The third-order valence-electron chi connectivity index (χ3n) is 2.50. The Kier molecular flexibility index (Phi) is 5.30. The van der Waals surface area contributed by atoms with Gasteiger partial charge in [0.25, 0.3) is 10.0 Å². The SMILES string of the molecule is Nc1cc(Cl)cc(S(=O)(=O)Nc2ccc(Cl)cc2I)c1Br. The van der Waals surface area contributed by atoms with Crippen LogP contribution in [0.5, 0.6) is 0 Å². The number of anilines is 2. The zero-order valence-electron chi connectivity index (χ0n) is 10.2. The van der Waals surface area contributed by atoms with E-state index in [0.29, 0.717) is 14.3 Å². The van der Waals surface area contributed by atoms with Crippen LogP contribution in [0.3, 0.4) is 0 Å². The molecule has 0 saturated carbocycles. The average molecular weight is 522 g/mol. The van der Waals surface area contributed by atoms with Gasteiger partial charge in [-0.1, -0.05) is 23.2 Å². The fourth-order valence-corrected chi connectivity index (χ4v) is 5.11. The normalized spacial score (nSPS) is 11.4. The number of benzene rings is 2. The lowest BCUT2D eigenvalue weighted by molar-refractivity contribution is 0.601. The summed E-state index contributed by atoms with van der Waals surface area (Å²) in [4.78, 5) is -0.0294. The van der Waals surface area contributed by atoms with Crippen molar-refractivity contribution in [2.75, 3.05) is 10.5 Å². The highest BCUT2D eigenvalue weighted by Gasteiger charge is 2.21. The van der Waals surface area contributed by atoms with E-state index in [1.165, 1.54) is 12.1 Å². The Morgan fingerprint density at radius 2 is 1.81 bits per heavy atom. The van der Waals surface area contributed by atoms with E-state index in [1.807, 2.05) is 22.6 Å². The molecule has 0 aliphatic heterocycles. The second-order valence-corrected chi connectivity index (χ2v) is 8.52. The minimum Gasteiger partial charge on any atom is -0.398 e. The molecule has 0 atom stereocenters. The lowest BCUT2D eigenvalue weighted by atomic mass is 10.3. The molecule has 2 aromatic carbocycles. The van der Waals surface area contributed by atoms with Gasteiger partial charge in [-0.25, -0.2) is 8.42 Å². The second kappa shape index (κ2) is 6.49. The number of hydrogen-bond donors (Lipinski definition) is 2. The number of nitrogen functional groups attached to an aromatic ring is 1. The number of halogens is 4. The molecule has 0 fully saturated rings. The molecule has 0 aromatic heterocycles. The average Bonchev–Trinajstić information content (AvgIpc) is 2.37. The van der Waals surface area contributed by atoms with Crippen LogP contribution in [0, 0.1) is 3.57 Å². The van der Waals surface area contributed by atoms with E-state index in [-0.39, 0.29) is 20.1 Å². The van der Waals surface area contributed by atoms with Gasteiger partial charge in [0.15, 0.2) is 0 Å². The highest BCUT2D eigenvalue weighted by Crippen LogP contribution is 2.33. The Bertz CT molecular complexity index is 815. The molecule has 21 heavy (non-hydrogen) atoms. The molecule has 0 spiro atoms. The molecule has 0 amide bonds. The number of hydrogen-bond acceptors (Lipinski definition) is 3. The standard InChI is InChI=1S/C12H8BrCl2IN2O2S/c13-12-9(17)4-7(15)5-11(12)21(19,20)18-10-2-1-6(14)3-8(10)16/h1-5,18H,17H2. The van der Waals surface area contributed by atoms with Crippen LogP contribution < -0.4 is 10.5 Å². The summed E-state index contributed by atoms with van der Waals surface area (Å²) in [5.41, 5.74) is 6.38. The molecule has 0 heterocycles. The highest BCUT2D eigenvalue weighted by atomic mass is 127. The van der Waals surface area contributed by atoms with Crippen molar-refractivity contribution < 1.29 is 8.42 Å². The third-order valence-corrected chi connectivity index (χ3v) is 6.38. The van der Waals surface area contributed by atoms with Crippen LogP contribution in [0.15, 0.2) is 39.7 Å². The Morgan fingerprint density at radius 3 is 2.43 bits per heavy atom. The van der Waals surface area contributed by atoms with Gasteiger partial charge in [0.05, 0.1) is 10.2 Å². The van der Waals surface area contributed by atoms with Gasteiger partial charge in [-0.05, 0) is 68.9 Å². The van der Waals surface area contributed by atoms with E-state index in [9.17, 15) is 8.42 Å². The number of rotatable bonds is 3. The molecule has 2 aromatic rings. The zero-order chi connectivity index (χ0) is 15.8. The van der Waals surface area contributed by atoms with E-state index < -0.39 is 10.0 Å². The highest BCUT2D eigenvalue weighted by molar-refractivity contribution is 14.1. The number of nitrogens with two attached hydrogens (primary N) is 1. The Hall–Kier alpha value is -0.220. The van der Waals surface area contributed by atoms with Crippen LogP contribution in [0.2, 0.25) is 10.0 Å². The molecule has 112 valence electrons. The van der Waals surface area contributed by atoms with Gasteiger partial charge in [0.2, 0.25) is 0 Å². The second-order valence-electron chi connectivity index (χ2n) is 4.04. The first-order valence-corrected chi connectivity index (χ1v) is 9.54. The predicted molar refractivity (Wildman–Crippen MR) is 98.5 cm³/mol. The maximum absolute atomic E-state index is 12.5. The fraction of sp³-hybridized carbons (Fsp3) is 0. The maximum Gasteiger partial charge on any atom is 0.263 e. The Balaban J connectivity index is 2.48. The number of nitrogens with one attached hydrogen (secondary N) is 1. The van der Waals surface area contributed by atoms with Crippen molar-refractivity contribution in [1.82, 2.24) is 0 Å². The van der Waals surface area contributed by atoms with E-state index in [0.717, 1.165) is 0 Å². The topological polar surface area (TPSA) is 72.2 Å². The van der Waals surface area contributed by atoms with E-state index in [2.05, 4.69) is 20.7 Å².